The molecule has 0 saturated carbocycles. The summed E-state index contributed by atoms with van der Waals surface area (Å²) in [5.41, 5.74) is 11.8. The van der Waals surface area contributed by atoms with Crippen LogP contribution in [0.25, 0.3) is 22.3 Å². The van der Waals surface area contributed by atoms with Crippen LogP contribution in [0.4, 0.5) is 5.69 Å². The second-order valence-electron chi connectivity index (χ2n) is 5.23. The Balaban J connectivity index is 2.16. The quantitative estimate of drug-likeness (QED) is 0.547. The van der Waals surface area contributed by atoms with E-state index in [0.717, 1.165) is 41.5 Å². The van der Waals surface area contributed by atoms with Crippen molar-refractivity contribution in [3.63, 3.8) is 0 Å². The summed E-state index contributed by atoms with van der Waals surface area (Å²) in [6.07, 6.45) is 4.36. The number of aromatic nitrogens is 2. The number of carbonyl (C=O) groups is 1. The lowest BCUT2D eigenvalue weighted by Gasteiger charge is -2.20. The summed E-state index contributed by atoms with van der Waals surface area (Å²) in [6, 6.07) is 9.55. The lowest BCUT2D eigenvalue weighted by atomic mass is 9.88. The molecule has 0 fully saturated rings. The summed E-state index contributed by atoms with van der Waals surface area (Å²) >= 11 is 0. The largest absolute Gasteiger partial charge is 0.397 e. The van der Waals surface area contributed by atoms with Crippen molar-refractivity contribution in [3.05, 3.63) is 53.2 Å². The van der Waals surface area contributed by atoms with Crippen molar-refractivity contribution in [2.24, 2.45) is 0 Å². The number of carbonyl (C=O) groups excluding carboxylic acids is 1. The zero-order valence-electron chi connectivity index (χ0n) is 11.3. The number of para-hydroxylation sites is 1. The number of fused-ring (bicyclic) bond motifs is 4. The highest BCUT2D eigenvalue weighted by Gasteiger charge is 2.23. The van der Waals surface area contributed by atoms with Crippen LogP contribution in [0.5, 0.6) is 0 Å². The van der Waals surface area contributed by atoms with Gasteiger partial charge in [-0.2, -0.15) is 0 Å². The highest BCUT2D eigenvalue weighted by Crippen LogP contribution is 2.36. The summed E-state index contributed by atoms with van der Waals surface area (Å²) in [5, 5.41) is 0.822. The molecule has 0 bridgehead atoms. The Morgan fingerprint density at radius 2 is 2.00 bits per heavy atom. The van der Waals surface area contributed by atoms with Gasteiger partial charge in [0.15, 0.2) is 6.29 Å². The third-order valence-electron chi connectivity index (χ3n) is 4.07. The molecule has 0 saturated heterocycles. The van der Waals surface area contributed by atoms with Gasteiger partial charge in [-0.3, -0.25) is 9.78 Å². The Morgan fingerprint density at radius 3 is 2.86 bits per heavy atom. The lowest BCUT2D eigenvalue weighted by Crippen LogP contribution is -2.11. The number of hydrogen-bond donors (Lipinski definition) is 1. The minimum absolute atomic E-state index is 0.585. The van der Waals surface area contributed by atoms with Gasteiger partial charge < -0.3 is 5.73 Å². The van der Waals surface area contributed by atoms with E-state index in [1.165, 1.54) is 5.56 Å². The van der Waals surface area contributed by atoms with Gasteiger partial charge in [0.1, 0.15) is 0 Å². The first kappa shape index (κ1) is 12.0. The van der Waals surface area contributed by atoms with Crippen LogP contribution in [-0.2, 0) is 12.8 Å². The van der Waals surface area contributed by atoms with Crippen molar-refractivity contribution in [2.45, 2.75) is 12.8 Å². The highest BCUT2D eigenvalue weighted by molar-refractivity contribution is 6.04. The zero-order chi connectivity index (χ0) is 14.4. The molecule has 1 aliphatic carbocycles. The predicted molar refractivity (Wildman–Crippen MR) is 82.2 cm³/mol. The fraction of sp³-hybridized carbons (Fsp3) is 0.118. The summed E-state index contributed by atoms with van der Waals surface area (Å²) in [4.78, 5) is 20.8. The van der Waals surface area contributed by atoms with Crippen LogP contribution in [0.3, 0.4) is 0 Å². The molecule has 102 valence electrons. The van der Waals surface area contributed by atoms with E-state index in [1.807, 2.05) is 18.2 Å². The van der Waals surface area contributed by atoms with Gasteiger partial charge in [0.05, 0.1) is 22.6 Å². The van der Waals surface area contributed by atoms with Crippen LogP contribution in [0.15, 0.2) is 36.5 Å². The maximum atomic E-state index is 11.6. The molecule has 21 heavy (non-hydrogen) atoms. The molecular formula is C17H13N3O. The van der Waals surface area contributed by atoms with Gasteiger partial charge in [0.2, 0.25) is 0 Å². The number of nitrogens with zero attached hydrogens (tertiary/aromatic N) is 2. The fourth-order valence-electron chi connectivity index (χ4n) is 3.07. The van der Waals surface area contributed by atoms with Gasteiger partial charge in [-0.15, -0.1) is 0 Å². The van der Waals surface area contributed by atoms with Crippen molar-refractivity contribution in [2.75, 3.05) is 5.73 Å². The smallest absolute Gasteiger partial charge is 0.151 e. The van der Waals surface area contributed by atoms with E-state index in [2.05, 4.69) is 11.1 Å². The van der Waals surface area contributed by atoms with E-state index >= 15 is 0 Å². The summed E-state index contributed by atoms with van der Waals surface area (Å²) < 4.78 is 0. The van der Waals surface area contributed by atoms with Gasteiger partial charge in [-0.25, -0.2) is 4.98 Å². The maximum absolute atomic E-state index is 11.6. The van der Waals surface area contributed by atoms with Crippen molar-refractivity contribution < 1.29 is 4.79 Å². The zero-order valence-corrected chi connectivity index (χ0v) is 11.3. The summed E-state index contributed by atoms with van der Waals surface area (Å²) in [6.45, 7) is 0. The van der Waals surface area contributed by atoms with Crippen LogP contribution >= 0.6 is 0 Å². The van der Waals surface area contributed by atoms with Gasteiger partial charge in [-0.05, 0) is 36.1 Å². The molecule has 2 aromatic heterocycles. The topological polar surface area (TPSA) is 68.9 Å². The first-order valence-electron chi connectivity index (χ1n) is 6.90. The predicted octanol–water partition coefficient (Wildman–Crippen LogP) is 2.79. The molecule has 4 nitrogen and oxygen atoms in total. The molecule has 4 rings (SSSR count). The molecule has 0 aliphatic heterocycles. The normalized spacial score (nSPS) is 12.8. The average molecular weight is 275 g/mol. The Labute approximate surface area is 121 Å². The van der Waals surface area contributed by atoms with E-state index in [9.17, 15) is 4.79 Å². The van der Waals surface area contributed by atoms with Crippen molar-refractivity contribution >= 4 is 22.9 Å². The van der Waals surface area contributed by atoms with Gasteiger partial charge >= 0.3 is 0 Å². The molecule has 0 amide bonds. The minimum atomic E-state index is 0.585. The van der Waals surface area contributed by atoms with Gasteiger partial charge in [0, 0.05) is 17.1 Å². The molecule has 0 atom stereocenters. The highest BCUT2D eigenvalue weighted by atomic mass is 16.1. The van der Waals surface area contributed by atoms with Gasteiger partial charge in [0.25, 0.3) is 0 Å². The van der Waals surface area contributed by atoms with E-state index in [-0.39, 0.29) is 0 Å². The molecule has 0 spiro atoms. The van der Waals surface area contributed by atoms with Crippen LogP contribution in [0.1, 0.15) is 21.5 Å². The average Bonchev–Trinajstić information content (AvgIpc) is 2.53. The number of pyridine rings is 2. The van der Waals surface area contributed by atoms with Crippen LogP contribution in [0.2, 0.25) is 0 Å². The Morgan fingerprint density at radius 1 is 1.10 bits per heavy atom. The van der Waals surface area contributed by atoms with Crippen LogP contribution in [0, 0.1) is 0 Å². The number of anilines is 1. The lowest BCUT2D eigenvalue weighted by molar-refractivity contribution is 0.112. The molecule has 0 unspecified atom stereocenters. The molecule has 2 heterocycles. The van der Waals surface area contributed by atoms with Crippen molar-refractivity contribution in [1.29, 1.82) is 0 Å². The number of aldehydes is 1. The number of nitrogen functional groups attached to an aromatic ring is 1. The van der Waals surface area contributed by atoms with E-state index < -0.39 is 0 Å². The second-order valence-corrected chi connectivity index (χ2v) is 5.23. The van der Waals surface area contributed by atoms with Crippen molar-refractivity contribution in [3.8, 4) is 11.4 Å². The molecule has 2 N–H and O–H groups in total. The molecule has 4 heteroatoms. The first-order chi connectivity index (χ1) is 10.3. The SMILES string of the molecule is Nc1cccc2c(C=O)c3c(nc12)-c1ncccc1CC3. The third-order valence-corrected chi connectivity index (χ3v) is 4.07. The maximum Gasteiger partial charge on any atom is 0.151 e. The molecular weight excluding hydrogens is 262 g/mol. The van der Waals surface area contributed by atoms with E-state index in [4.69, 9.17) is 10.7 Å². The first-order valence-corrected chi connectivity index (χ1v) is 6.90. The number of aryl methyl sites for hydroxylation is 1. The fourth-order valence-corrected chi connectivity index (χ4v) is 3.07. The van der Waals surface area contributed by atoms with Crippen LogP contribution < -0.4 is 5.73 Å². The number of nitrogens with two attached hydrogens (primary N) is 1. The van der Waals surface area contributed by atoms with E-state index in [1.54, 1.807) is 12.3 Å². The van der Waals surface area contributed by atoms with Crippen LogP contribution in [-0.4, -0.2) is 16.3 Å². The number of hydrogen-bond acceptors (Lipinski definition) is 4. The standard InChI is InChI=1S/C17H13N3O/c18-14-5-1-4-11-13(9-21)12-7-6-10-3-2-8-19-15(10)17(12)20-16(11)14/h1-5,8-9H,6-7,18H2. The Kier molecular flexibility index (Phi) is 2.51. The molecule has 1 aliphatic rings. The monoisotopic (exact) mass is 275 g/mol. The molecule has 3 aromatic rings. The Bertz CT molecular complexity index is 887. The molecule has 1 aromatic carbocycles. The third kappa shape index (κ3) is 1.65. The minimum Gasteiger partial charge on any atom is -0.397 e. The van der Waals surface area contributed by atoms with Crippen molar-refractivity contribution in [1.82, 2.24) is 9.97 Å². The second kappa shape index (κ2) is 4.38. The number of benzene rings is 1. The summed E-state index contributed by atoms with van der Waals surface area (Å²) in [7, 11) is 0. The summed E-state index contributed by atoms with van der Waals surface area (Å²) in [5.74, 6) is 0. The molecule has 0 radical (unpaired) electrons. The van der Waals surface area contributed by atoms with E-state index in [0.29, 0.717) is 16.8 Å². The Hall–Kier alpha value is -2.75. The number of rotatable bonds is 1. The van der Waals surface area contributed by atoms with Gasteiger partial charge in [-0.1, -0.05) is 18.2 Å².